The van der Waals surface area contributed by atoms with Gasteiger partial charge in [0.2, 0.25) is 0 Å². The van der Waals surface area contributed by atoms with E-state index in [1.165, 1.54) is 17.0 Å². The van der Waals surface area contributed by atoms with Crippen LogP contribution in [0.4, 0.5) is 37.8 Å². The Hall–Kier alpha value is -4.50. The van der Waals surface area contributed by atoms with Crippen LogP contribution < -0.4 is 22.2 Å². The van der Waals surface area contributed by atoms with Crippen molar-refractivity contribution in [1.29, 1.82) is 0 Å². The number of aryl methyl sites for hydroxylation is 1. The largest absolute Gasteiger partial charge is 0.423 e. The molecule has 0 aliphatic carbocycles. The van der Waals surface area contributed by atoms with Crippen LogP contribution in [0, 0.1) is 5.82 Å². The summed E-state index contributed by atoms with van der Waals surface area (Å²) in [6.07, 6.45) is -3.80. The highest BCUT2D eigenvalue weighted by Gasteiger charge is 2.37. The van der Waals surface area contributed by atoms with Gasteiger partial charge in [-0.05, 0) is 31.4 Å². The number of halogens is 6. The van der Waals surface area contributed by atoms with Crippen LogP contribution in [-0.4, -0.2) is 35.8 Å². The summed E-state index contributed by atoms with van der Waals surface area (Å²) in [6, 6.07) is 1.67. The summed E-state index contributed by atoms with van der Waals surface area (Å²) in [5.74, 6) is -1.65. The van der Waals surface area contributed by atoms with Gasteiger partial charge in [-0.1, -0.05) is 6.92 Å². The van der Waals surface area contributed by atoms with Crippen molar-refractivity contribution >= 4 is 22.4 Å². The Morgan fingerprint density at radius 1 is 1.15 bits per heavy atom. The van der Waals surface area contributed by atoms with Crippen molar-refractivity contribution in [3.05, 3.63) is 68.5 Å². The minimum Gasteiger partial charge on any atom is -0.383 e. The minimum atomic E-state index is -4.88. The zero-order valence-electron chi connectivity index (χ0n) is 20.8. The second-order valence-electron chi connectivity index (χ2n) is 8.80. The zero-order chi connectivity index (χ0) is 29.2. The fraction of sp³-hybridized carbons (Fsp3) is 0.333. The molecule has 4 rings (SSSR count). The Morgan fingerprint density at radius 3 is 2.55 bits per heavy atom. The van der Waals surface area contributed by atoms with Gasteiger partial charge in [0, 0.05) is 18.8 Å². The number of benzene rings is 1. The highest BCUT2D eigenvalue weighted by Crippen LogP contribution is 2.32. The van der Waals surface area contributed by atoms with Gasteiger partial charge in [0.25, 0.3) is 17.5 Å². The van der Waals surface area contributed by atoms with E-state index in [0.29, 0.717) is 19.3 Å². The quantitative estimate of drug-likeness (QED) is 0.254. The van der Waals surface area contributed by atoms with Crippen LogP contribution in [-0.2, 0) is 12.7 Å². The lowest BCUT2D eigenvalue weighted by atomic mass is 10.1. The molecule has 0 aliphatic rings. The molecule has 1 atom stereocenters. The summed E-state index contributed by atoms with van der Waals surface area (Å²) in [7, 11) is 0. The Kier molecular flexibility index (Phi) is 8.06. The van der Waals surface area contributed by atoms with E-state index in [1.54, 1.807) is 12.0 Å². The van der Waals surface area contributed by atoms with Gasteiger partial charge in [-0.3, -0.25) is 14.2 Å². The molecule has 16 heteroatoms. The molecule has 10 nitrogen and oxygen atoms in total. The fourth-order valence-corrected chi connectivity index (χ4v) is 4.11. The van der Waals surface area contributed by atoms with E-state index in [9.17, 15) is 35.9 Å². The van der Waals surface area contributed by atoms with Crippen LogP contribution in [0.3, 0.4) is 0 Å². The molecule has 4 N–H and O–H groups in total. The van der Waals surface area contributed by atoms with Crippen molar-refractivity contribution in [2.24, 2.45) is 0 Å². The number of nitrogens with one attached hydrogen (secondary N) is 2. The Labute approximate surface area is 221 Å². The number of nitrogen functional groups attached to an aromatic ring is 1. The highest BCUT2D eigenvalue weighted by molar-refractivity contribution is 5.82. The first kappa shape index (κ1) is 28.5. The molecule has 212 valence electrons. The molecule has 0 amide bonds. The van der Waals surface area contributed by atoms with Crippen molar-refractivity contribution in [2.45, 2.75) is 51.4 Å². The lowest BCUT2D eigenvalue weighted by Crippen LogP contribution is -2.28. The molecule has 0 saturated carbocycles. The van der Waals surface area contributed by atoms with Crippen LogP contribution in [0.15, 0.2) is 40.4 Å². The molecule has 1 aromatic carbocycles. The van der Waals surface area contributed by atoms with Crippen molar-refractivity contribution < 1.29 is 26.3 Å². The molecule has 4 aromatic rings. The highest BCUT2D eigenvalue weighted by atomic mass is 19.4. The number of fused-ring (bicyclic) bond motifs is 1. The number of H-pyrrole nitrogens is 1. The molecular formula is C24H22F6N8O2. The van der Waals surface area contributed by atoms with Crippen LogP contribution in [0.2, 0.25) is 0 Å². The first-order chi connectivity index (χ1) is 18.9. The number of nitrogens with zero attached hydrogens (tertiary/aromatic N) is 5. The summed E-state index contributed by atoms with van der Waals surface area (Å²) in [6.45, 7) is 1.87. The summed E-state index contributed by atoms with van der Waals surface area (Å²) >= 11 is 0. The molecule has 3 aromatic heterocycles. The lowest BCUT2D eigenvalue weighted by molar-refractivity contribution is -0.138. The smallest absolute Gasteiger partial charge is 0.383 e. The van der Waals surface area contributed by atoms with Gasteiger partial charge in [0.05, 0.1) is 40.2 Å². The maximum absolute atomic E-state index is 14.9. The van der Waals surface area contributed by atoms with Gasteiger partial charge < -0.3 is 11.1 Å². The average Bonchev–Trinajstić information content (AvgIpc) is 2.88. The molecule has 0 bridgehead atoms. The summed E-state index contributed by atoms with van der Waals surface area (Å²) < 4.78 is 81.9. The Morgan fingerprint density at radius 2 is 1.90 bits per heavy atom. The number of rotatable bonds is 9. The van der Waals surface area contributed by atoms with E-state index in [-0.39, 0.29) is 28.8 Å². The fourth-order valence-electron chi connectivity index (χ4n) is 4.11. The van der Waals surface area contributed by atoms with E-state index in [0.717, 1.165) is 18.5 Å². The van der Waals surface area contributed by atoms with Crippen molar-refractivity contribution in [1.82, 2.24) is 29.7 Å². The topological polar surface area (TPSA) is 144 Å². The maximum atomic E-state index is 14.9. The third-order valence-corrected chi connectivity index (χ3v) is 6.18. The third kappa shape index (κ3) is 5.89. The number of anilines is 2. The molecule has 0 aliphatic heterocycles. The van der Waals surface area contributed by atoms with Crippen LogP contribution in [0.25, 0.3) is 22.3 Å². The molecular weight excluding hydrogens is 546 g/mol. The standard InChI is InChI=1S/C24H22F6N8O2/c1-2-11(35-17-9-34-37-22(39)18(17)24(28,29)30)4-3-5-38-10-33-16-7-12(15(25)6-13(16)23(38)40)21-32-8-14(19(26)27)20(31)36-21/h6-11,19H,2-5H2,1H3,(H2,31,32,36)(H2,35,37,39). The van der Waals surface area contributed by atoms with Gasteiger partial charge >= 0.3 is 6.18 Å². The molecule has 40 heavy (non-hydrogen) atoms. The van der Waals surface area contributed by atoms with E-state index >= 15 is 0 Å². The molecule has 0 saturated heterocycles. The predicted octanol–water partition coefficient (Wildman–Crippen LogP) is 4.29. The first-order valence-corrected chi connectivity index (χ1v) is 11.9. The minimum absolute atomic E-state index is 0.0597. The number of nitrogens with two attached hydrogens (primary N) is 1. The number of hydrogen-bond donors (Lipinski definition) is 3. The van der Waals surface area contributed by atoms with E-state index in [4.69, 9.17) is 5.73 Å². The SMILES string of the molecule is CCC(CCCn1cnc2cc(-c3ncc(C(F)F)c(N)n3)c(F)cc2c1=O)Nc1cn[nH]c(=O)c1C(F)(F)F. The van der Waals surface area contributed by atoms with E-state index < -0.39 is 58.2 Å². The van der Waals surface area contributed by atoms with Crippen molar-refractivity contribution in [3.8, 4) is 11.4 Å². The summed E-state index contributed by atoms with van der Waals surface area (Å²) in [5, 5.41) is 7.85. The second kappa shape index (κ2) is 11.3. The Bertz CT molecular complexity index is 1650. The van der Waals surface area contributed by atoms with Gasteiger partial charge in [-0.2, -0.15) is 18.3 Å². The number of aromatic amines is 1. The van der Waals surface area contributed by atoms with Gasteiger partial charge in [-0.25, -0.2) is 33.2 Å². The Balaban J connectivity index is 1.51. The van der Waals surface area contributed by atoms with Gasteiger partial charge in [0.15, 0.2) is 5.82 Å². The van der Waals surface area contributed by atoms with Gasteiger partial charge in [-0.15, -0.1) is 0 Å². The molecule has 0 radical (unpaired) electrons. The first-order valence-electron chi connectivity index (χ1n) is 11.9. The normalized spacial score (nSPS) is 12.7. The lowest BCUT2D eigenvalue weighted by Gasteiger charge is -2.20. The van der Waals surface area contributed by atoms with Crippen molar-refractivity contribution in [2.75, 3.05) is 11.1 Å². The third-order valence-electron chi connectivity index (χ3n) is 6.18. The predicted molar refractivity (Wildman–Crippen MR) is 133 cm³/mol. The average molecular weight is 568 g/mol. The number of aromatic nitrogens is 6. The number of alkyl halides is 5. The van der Waals surface area contributed by atoms with Crippen LogP contribution in [0.5, 0.6) is 0 Å². The monoisotopic (exact) mass is 568 g/mol. The molecule has 0 fully saturated rings. The molecule has 0 spiro atoms. The van der Waals surface area contributed by atoms with Gasteiger partial charge in [0.1, 0.15) is 17.2 Å². The van der Waals surface area contributed by atoms with E-state index in [1.807, 2.05) is 0 Å². The summed E-state index contributed by atoms with van der Waals surface area (Å²) in [5.41, 5.74) is 1.09. The van der Waals surface area contributed by atoms with Crippen LogP contribution >= 0.6 is 0 Å². The second-order valence-corrected chi connectivity index (χ2v) is 8.80. The molecule has 1 unspecified atom stereocenters. The van der Waals surface area contributed by atoms with Crippen molar-refractivity contribution in [3.63, 3.8) is 0 Å². The van der Waals surface area contributed by atoms with Crippen LogP contribution in [0.1, 0.15) is 43.7 Å². The summed E-state index contributed by atoms with van der Waals surface area (Å²) in [4.78, 5) is 36.3. The maximum Gasteiger partial charge on any atom is 0.423 e. The number of hydrogen-bond acceptors (Lipinski definition) is 8. The molecule has 3 heterocycles. The zero-order valence-corrected chi connectivity index (χ0v) is 20.8. The van der Waals surface area contributed by atoms with E-state index in [2.05, 4.69) is 25.4 Å².